The molecule has 0 bridgehead atoms. The lowest BCUT2D eigenvalue weighted by molar-refractivity contribution is 0.293. The molecule has 1 aliphatic heterocycles. The smallest absolute Gasteiger partial charge is 0.194 e. The molecule has 6 nitrogen and oxygen atoms in total. The highest BCUT2D eigenvalue weighted by Crippen LogP contribution is 2.42. The normalized spacial score (nSPS) is 19.3. The number of aromatic nitrogens is 3. The predicted octanol–water partition coefficient (Wildman–Crippen LogP) is 3.71. The molecule has 1 aromatic carbocycles. The Labute approximate surface area is 188 Å². The van der Waals surface area contributed by atoms with Crippen LogP contribution in [0.4, 0.5) is 0 Å². The molecule has 4 rings (SSSR count). The van der Waals surface area contributed by atoms with Crippen LogP contribution in [0.25, 0.3) is 5.69 Å². The fourth-order valence-corrected chi connectivity index (χ4v) is 5.77. The van der Waals surface area contributed by atoms with Gasteiger partial charge in [0.25, 0.3) is 0 Å². The lowest BCUT2D eigenvalue weighted by Crippen LogP contribution is -2.53. The topological polar surface area (TPSA) is 58.3 Å². The lowest BCUT2D eigenvalue weighted by atomic mass is 9.87. The molecule has 1 saturated carbocycles. The Morgan fingerprint density at radius 3 is 2.75 bits per heavy atom. The van der Waals surface area contributed by atoms with Crippen LogP contribution in [0.5, 0.6) is 0 Å². The van der Waals surface area contributed by atoms with E-state index in [1.54, 1.807) is 6.33 Å². The molecule has 0 radical (unpaired) electrons. The first-order chi connectivity index (χ1) is 13.3. The van der Waals surface area contributed by atoms with Crippen LogP contribution in [0.1, 0.15) is 37.9 Å². The number of hydrogen-bond donors (Lipinski definition) is 1. The van der Waals surface area contributed by atoms with Crippen molar-refractivity contribution < 1.29 is 0 Å². The molecule has 8 heteroatoms. The molecular formula is C20H29IN6S. The highest BCUT2D eigenvalue weighted by molar-refractivity contribution is 14.0. The number of nitrogens with one attached hydrogen (secondary N) is 1. The Balaban J connectivity index is 0.00000225. The van der Waals surface area contributed by atoms with E-state index in [4.69, 9.17) is 0 Å². The number of aliphatic imine (C=N–C) groups is 1. The van der Waals surface area contributed by atoms with E-state index in [1.807, 2.05) is 29.8 Å². The van der Waals surface area contributed by atoms with Crippen LogP contribution in [0, 0.1) is 0 Å². The first-order valence-corrected chi connectivity index (χ1v) is 10.8. The second-order valence-electron chi connectivity index (χ2n) is 7.37. The molecule has 2 heterocycles. The Morgan fingerprint density at radius 2 is 2.00 bits per heavy atom. The summed E-state index contributed by atoms with van der Waals surface area (Å²) in [5.74, 6) is 3.05. The molecule has 2 aromatic rings. The fraction of sp³-hybridized carbons (Fsp3) is 0.550. The van der Waals surface area contributed by atoms with E-state index in [2.05, 4.69) is 49.3 Å². The van der Waals surface area contributed by atoms with Gasteiger partial charge in [0.15, 0.2) is 11.8 Å². The van der Waals surface area contributed by atoms with Gasteiger partial charge in [-0.05, 0) is 25.0 Å². The van der Waals surface area contributed by atoms with Gasteiger partial charge in [0.2, 0.25) is 0 Å². The van der Waals surface area contributed by atoms with Crippen molar-refractivity contribution in [1.29, 1.82) is 0 Å². The number of para-hydroxylation sites is 1. The molecule has 1 N–H and O–H groups in total. The molecule has 2 aliphatic rings. The Hall–Kier alpha value is -1.29. The second-order valence-corrected chi connectivity index (χ2v) is 8.93. The van der Waals surface area contributed by atoms with E-state index < -0.39 is 0 Å². The zero-order valence-corrected chi connectivity index (χ0v) is 19.5. The third-order valence-corrected chi connectivity index (χ3v) is 7.12. The minimum absolute atomic E-state index is 0. The maximum Gasteiger partial charge on any atom is 0.194 e. The summed E-state index contributed by atoms with van der Waals surface area (Å²) >= 11 is 2.18. The number of rotatable bonds is 3. The maximum absolute atomic E-state index is 4.56. The van der Waals surface area contributed by atoms with Gasteiger partial charge in [0, 0.05) is 36.3 Å². The molecule has 0 unspecified atom stereocenters. The summed E-state index contributed by atoms with van der Waals surface area (Å²) in [5.41, 5.74) is 1.07. The van der Waals surface area contributed by atoms with Crippen LogP contribution >= 0.6 is 35.7 Å². The standard InChI is InChI=1S/C20H28N6S.HI/c1-21-19(25-12-13-27-20(15-25)10-6-3-7-11-20)22-14-18-24-23-16-26(18)17-8-4-2-5-9-17;/h2,4-5,8-9,16H,3,6-7,10-15H2,1H3,(H,21,22);1H. The quantitative estimate of drug-likeness (QED) is 0.386. The van der Waals surface area contributed by atoms with Crippen molar-refractivity contribution in [3.8, 4) is 5.69 Å². The van der Waals surface area contributed by atoms with Crippen molar-refractivity contribution in [3.63, 3.8) is 0 Å². The zero-order valence-electron chi connectivity index (χ0n) is 16.4. The summed E-state index contributed by atoms with van der Waals surface area (Å²) in [7, 11) is 1.87. The van der Waals surface area contributed by atoms with Gasteiger partial charge in [0.05, 0.1) is 6.54 Å². The van der Waals surface area contributed by atoms with Gasteiger partial charge in [-0.3, -0.25) is 9.56 Å². The van der Waals surface area contributed by atoms with Crippen LogP contribution in [0.15, 0.2) is 41.7 Å². The van der Waals surface area contributed by atoms with Gasteiger partial charge in [-0.1, -0.05) is 37.5 Å². The van der Waals surface area contributed by atoms with Gasteiger partial charge >= 0.3 is 0 Å². The van der Waals surface area contributed by atoms with Crippen molar-refractivity contribution in [2.75, 3.05) is 25.9 Å². The van der Waals surface area contributed by atoms with Crippen molar-refractivity contribution in [3.05, 3.63) is 42.5 Å². The highest BCUT2D eigenvalue weighted by atomic mass is 127. The Kier molecular flexibility index (Phi) is 7.62. The minimum Gasteiger partial charge on any atom is -0.349 e. The second kappa shape index (κ2) is 9.96. The molecule has 2 fully saturated rings. The van der Waals surface area contributed by atoms with Gasteiger partial charge in [0.1, 0.15) is 6.33 Å². The molecule has 0 atom stereocenters. The number of nitrogens with zero attached hydrogens (tertiary/aromatic N) is 5. The molecule has 0 amide bonds. The molecule has 28 heavy (non-hydrogen) atoms. The number of hydrogen-bond acceptors (Lipinski definition) is 4. The van der Waals surface area contributed by atoms with Crippen molar-refractivity contribution in [2.24, 2.45) is 4.99 Å². The summed E-state index contributed by atoms with van der Waals surface area (Å²) in [4.78, 5) is 6.99. The molecule has 1 aliphatic carbocycles. The molecule has 1 aromatic heterocycles. The Morgan fingerprint density at radius 1 is 1.21 bits per heavy atom. The van der Waals surface area contributed by atoms with E-state index in [0.717, 1.165) is 30.6 Å². The summed E-state index contributed by atoms with van der Waals surface area (Å²) in [6.45, 7) is 2.76. The zero-order chi connectivity index (χ0) is 18.5. The molecule has 152 valence electrons. The number of guanidine groups is 1. The number of halogens is 1. The first-order valence-electron chi connectivity index (χ1n) is 9.84. The van der Waals surface area contributed by atoms with Gasteiger partial charge in [-0.15, -0.1) is 34.2 Å². The minimum atomic E-state index is 0. The average molecular weight is 512 g/mol. The first kappa shape index (κ1) is 21.4. The van der Waals surface area contributed by atoms with E-state index >= 15 is 0 Å². The van der Waals surface area contributed by atoms with Crippen LogP contribution in [-0.4, -0.2) is 56.3 Å². The Bertz CT molecular complexity index is 767. The van der Waals surface area contributed by atoms with E-state index in [0.29, 0.717) is 11.3 Å². The lowest BCUT2D eigenvalue weighted by Gasteiger charge is -2.45. The molecule has 1 spiro atoms. The summed E-state index contributed by atoms with van der Waals surface area (Å²) < 4.78 is 2.45. The number of benzene rings is 1. The largest absolute Gasteiger partial charge is 0.349 e. The van der Waals surface area contributed by atoms with Gasteiger partial charge < -0.3 is 10.2 Å². The SMILES string of the molecule is CN=C(NCc1nncn1-c1ccccc1)N1CCSC2(CCCCC2)C1.I. The van der Waals surface area contributed by atoms with Crippen LogP contribution in [0.2, 0.25) is 0 Å². The summed E-state index contributed by atoms with van der Waals surface area (Å²) in [5, 5.41) is 11.9. The van der Waals surface area contributed by atoms with Crippen LogP contribution < -0.4 is 5.32 Å². The monoisotopic (exact) mass is 512 g/mol. The molecular weight excluding hydrogens is 483 g/mol. The summed E-state index contributed by atoms with van der Waals surface area (Å²) in [6, 6.07) is 10.2. The van der Waals surface area contributed by atoms with E-state index in [9.17, 15) is 0 Å². The van der Waals surface area contributed by atoms with Gasteiger partial charge in [-0.25, -0.2) is 0 Å². The van der Waals surface area contributed by atoms with Crippen molar-refractivity contribution >= 4 is 41.7 Å². The molecule has 1 saturated heterocycles. The van der Waals surface area contributed by atoms with E-state index in [-0.39, 0.29) is 24.0 Å². The third-order valence-electron chi connectivity index (χ3n) is 5.58. The number of thioether (sulfide) groups is 1. The highest BCUT2D eigenvalue weighted by Gasteiger charge is 2.38. The van der Waals surface area contributed by atoms with Gasteiger partial charge in [-0.2, -0.15) is 11.8 Å². The van der Waals surface area contributed by atoms with Crippen LogP contribution in [0.3, 0.4) is 0 Å². The average Bonchev–Trinajstić information content (AvgIpc) is 3.18. The van der Waals surface area contributed by atoms with Crippen LogP contribution in [-0.2, 0) is 6.54 Å². The summed E-state index contributed by atoms with van der Waals surface area (Å²) in [6.07, 6.45) is 8.58. The third kappa shape index (κ3) is 4.82. The van der Waals surface area contributed by atoms with Crippen molar-refractivity contribution in [2.45, 2.75) is 43.4 Å². The van der Waals surface area contributed by atoms with E-state index in [1.165, 1.54) is 37.9 Å². The fourth-order valence-electron chi connectivity index (χ4n) is 4.20. The van der Waals surface area contributed by atoms with Crippen molar-refractivity contribution in [1.82, 2.24) is 25.0 Å². The predicted molar refractivity (Wildman–Crippen MR) is 127 cm³/mol. The maximum atomic E-state index is 4.56.